The molecule has 0 spiro atoms. The number of amides is 2. The molecule has 2 amide bonds. The number of hydrogen-bond donors (Lipinski definition) is 2. The Morgan fingerprint density at radius 1 is 1.19 bits per heavy atom. The first-order valence-electron chi connectivity index (χ1n) is 8.96. The molecule has 2 rings (SSSR count). The molecule has 8 heteroatoms. The summed E-state index contributed by atoms with van der Waals surface area (Å²) >= 11 is 0. The number of benzene rings is 1. The number of nitrogens with zero attached hydrogens (tertiary/aromatic N) is 1. The zero-order valence-electron chi connectivity index (χ0n) is 15.3. The zero-order valence-corrected chi connectivity index (χ0v) is 16.1. The normalized spacial score (nSPS) is 16.2. The largest absolute Gasteiger partial charge is 0.352 e. The van der Waals surface area contributed by atoms with Crippen molar-refractivity contribution in [2.75, 3.05) is 31.2 Å². The number of para-hydroxylation sites is 1. The van der Waals surface area contributed by atoms with E-state index in [4.69, 9.17) is 0 Å². The summed E-state index contributed by atoms with van der Waals surface area (Å²) in [7, 11) is -3.21. The monoisotopic (exact) mass is 381 g/mol. The Hall–Kier alpha value is -1.93. The highest BCUT2D eigenvalue weighted by molar-refractivity contribution is 7.88. The molecule has 2 N–H and O–H groups in total. The first-order valence-corrected chi connectivity index (χ1v) is 10.8. The van der Waals surface area contributed by atoms with Crippen LogP contribution in [0.15, 0.2) is 24.3 Å². The average molecular weight is 381 g/mol. The third-order valence-electron chi connectivity index (χ3n) is 4.54. The van der Waals surface area contributed by atoms with Crippen LogP contribution in [0, 0.1) is 5.92 Å². The Bertz CT molecular complexity index is 741. The summed E-state index contributed by atoms with van der Waals surface area (Å²) in [5.41, 5.74) is 0.919. The molecule has 1 saturated heterocycles. The van der Waals surface area contributed by atoms with Gasteiger partial charge in [0.2, 0.25) is 15.9 Å². The van der Waals surface area contributed by atoms with Crippen LogP contribution in [0.3, 0.4) is 0 Å². The fourth-order valence-electron chi connectivity index (χ4n) is 2.95. The molecule has 0 saturated carbocycles. The Kier molecular flexibility index (Phi) is 7.16. The fraction of sp³-hybridized carbons (Fsp3) is 0.556. The van der Waals surface area contributed by atoms with Gasteiger partial charge in [-0.2, -0.15) is 0 Å². The molecule has 1 aliphatic heterocycles. The molecule has 0 unspecified atom stereocenters. The van der Waals surface area contributed by atoms with Crippen LogP contribution < -0.4 is 10.6 Å². The van der Waals surface area contributed by atoms with Crippen molar-refractivity contribution in [3.8, 4) is 0 Å². The summed E-state index contributed by atoms with van der Waals surface area (Å²) in [6.45, 7) is 3.34. The Morgan fingerprint density at radius 3 is 2.46 bits per heavy atom. The molecule has 26 heavy (non-hydrogen) atoms. The predicted octanol–water partition coefficient (Wildman–Crippen LogP) is 1.83. The topological polar surface area (TPSA) is 95.6 Å². The van der Waals surface area contributed by atoms with Gasteiger partial charge in [-0.1, -0.05) is 25.5 Å². The molecule has 144 valence electrons. The number of piperidine rings is 1. The lowest BCUT2D eigenvalue weighted by Gasteiger charge is -2.29. The lowest BCUT2D eigenvalue weighted by Crippen LogP contribution is -2.41. The van der Waals surface area contributed by atoms with E-state index in [2.05, 4.69) is 17.6 Å². The lowest BCUT2D eigenvalue weighted by molar-refractivity contribution is -0.120. The van der Waals surface area contributed by atoms with Crippen LogP contribution in [-0.4, -0.2) is 50.4 Å². The van der Waals surface area contributed by atoms with Gasteiger partial charge in [-0.15, -0.1) is 0 Å². The molecular formula is C18H27N3O4S. The lowest BCUT2D eigenvalue weighted by atomic mass is 9.97. The summed E-state index contributed by atoms with van der Waals surface area (Å²) in [5.74, 6) is -0.641. The van der Waals surface area contributed by atoms with Crippen LogP contribution in [0.5, 0.6) is 0 Å². The minimum absolute atomic E-state index is 0.174. The first-order chi connectivity index (χ1) is 12.3. The van der Waals surface area contributed by atoms with Crippen molar-refractivity contribution in [3.63, 3.8) is 0 Å². The third kappa shape index (κ3) is 5.54. The van der Waals surface area contributed by atoms with Crippen molar-refractivity contribution >= 4 is 27.5 Å². The molecule has 1 heterocycles. The van der Waals surface area contributed by atoms with Gasteiger partial charge in [0, 0.05) is 25.6 Å². The number of nitrogens with one attached hydrogen (secondary N) is 2. The van der Waals surface area contributed by atoms with Gasteiger partial charge in [-0.05, 0) is 31.4 Å². The second-order valence-corrected chi connectivity index (χ2v) is 8.56. The summed E-state index contributed by atoms with van der Waals surface area (Å²) in [5, 5.41) is 5.69. The Balaban J connectivity index is 1.98. The van der Waals surface area contributed by atoms with Gasteiger partial charge in [0.15, 0.2) is 0 Å². The van der Waals surface area contributed by atoms with Gasteiger partial charge in [0.1, 0.15) is 0 Å². The molecular weight excluding hydrogens is 354 g/mol. The number of sulfonamides is 1. The summed E-state index contributed by atoms with van der Waals surface area (Å²) in [6.07, 6.45) is 4.03. The SMILES string of the molecule is CCCCNC(=O)c1ccccc1NC(=O)C1CCN(S(C)(=O)=O)CC1. The van der Waals surface area contributed by atoms with E-state index in [-0.39, 0.29) is 17.7 Å². The maximum atomic E-state index is 12.5. The fourth-order valence-corrected chi connectivity index (χ4v) is 3.82. The minimum atomic E-state index is -3.21. The highest BCUT2D eigenvalue weighted by Crippen LogP contribution is 2.22. The van der Waals surface area contributed by atoms with E-state index in [0.29, 0.717) is 43.7 Å². The summed E-state index contributed by atoms with van der Waals surface area (Å²) < 4.78 is 24.5. The summed E-state index contributed by atoms with van der Waals surface area (Å²) in [4.78, 5) is 24.9. The van der Waals surface area contributed by atoms with Crippen molar-refractivity contribution in [1.82, 2.24) is 9.62 Å². The van der Waals surface area contributed by atoms with Crippen LogP contribution in [-0.2, 0) is 14.8 Å². The number of carbonyl (C=O) groups is 2. The van der Waals surface area contributed by atoms with Crippen LogP contribution in [0.2, 0.25) is 0 Å². The van der Waals surface area contributed by atoms with Gasteiger partial charge in [0.25, 0.3) is 5.91 Å². The van der Waals surface area contributed by atoms with E-state index < -0.39 is 10.0 Å². The van der Waals surface area contributed by atoms with Crippen molar-refractivity contribution in [2.24, 2.45) is 5.92 Å². The van der Waals surface area contributed by atoms with E-state index >= 15 is 0 Å². The van der Waals surface area contributed by atoms with Gasteiger partial charge in [0.05, 0.1) is 17.5 Å². The average Bonchev–Trinajstić information content (AvgIpc) is 2.61. The van der Waals surface area contributed by atoms with Crippen LogP contribution in [0.25, 0.3) is 0 Å². The van der Waals surface area contributed by atoms with E-state index in [1.807, 2.05) is 0 Å². The number of hydrogen-bond acceptors (Lipinski definition) is 4. The van der Waals surface area contributed by atoms with Crippen LogP contribution in [0.4, 0.5) is 5.69 Å². The minimum Gasteiger partial charge on any atom is -0.352 e. The van der Waals surface area contributed by atoms with E-state index in [1.54, 1.807) is 24.3 Å². The highest BCUT2D eigenvalue weighted by atomic mass is 32.2. The Morgan fingerprint density at radius 2 is 1.85 bits per heavy atom. The van der Waals surface area contributed by atoms with Crippen molar-refractivity contribution in [2.45, 2.75) is 32.6 Å². The van der Waals surface area contributed by atoms with Gasteiger partial charge in [-0.3, -0.25) is 9.59 Å². The second kappa shape index (κ2) is 9.14. The van der Waals surface area contributed by atoms with E-state index in [9.17, 15) is 18.0 Å². The van der Waals surface area contributed by atoms with Crippen molar-refractivity contribution in [3.05, 3.63) is 29.8 Å². The number of unbranched alkanes of at least 4 members (excludes halogenated alkanes) is 1. The van der Waals surface area contributed by atoms with Gasteiger partial charge < -0.3 is 10.6 Å². The molecule has 1 aromatic rings. The second-order valence-electron chi connectivity index (χ2n) is 6.58. The molecule has 1 aromatic carbocycles. The first kappa shape index (κ1) is 20.4. The highest BCUT2D eigenvalue weighted by Gasteiger charge is 2.29. The quantitative estimate of drug-likeness (QED) is 0.704. The molecule has 7 nitrogen and oxygen atoms in total. The summed E-state index contributed by atoms with van der Waals surface area (Å²) in [6, 6.07) is 6.92. The number of rotatable bonds is 7. The smallest absolute Gasteiger partial charge is 0.253 e. The van der Waals surface area contributed by atoms with E-state index in [0.717, 1.165) is 12.8 Å². The maximum Gasteiger partial charge on any atom is 0.253 e. The van der Waals surface area contributed by atoms with Crippen molar-refractivity contribution < 1.29 is 18.0 Å². The molecule has 0 atom stereocenters. The predicted molar refractivity (Wildman–Crippen MR) is 101 cm³/mol. The molecule has 0 bridgehead atoms. The molecule has 1 fully saturated rings. The number of anilines is 1. The van der Waals surface area contributed by atoms with Crippen molar-refractivity contribution in [1.29, 1.82) is 0 Å². The third-order valence-corrected chi connectivity index (χ3v) is 5.84. The molecule has 1 aliphatic rings. The zero-order chi connectivity index (χ0) is 19.2. The van der Waals surface area contributed by atoms with Gasteiger partial charge in [-0.25, -0.2) is 12.7 Å². The number of carbonyl (C=O) groups excluding carboxylic acids is 2. The van der Waals surface area contributed by atoms with Crippen LogP contribution >= 0.6 is 0 Å². The Labute approximate surface area is 155 Å². The molecule has 0 aliphatic carbocycles. The van der Waals surface area contributed by atoms with E-state index in [1.165, 1.54) is 10.6 Å². The van der Waals surface area contributed by atoms with Crippen LogP contribution in [0.1, 0.15) is 43.0 Å². The standard InChI is InChI=1S/C18H27N3O4S/c1-3-4-11-19-18(23)15-7-5-6-8-16(15)20-17(22)14-9-12-21(13-10-14)26(2,24)25/h5-8,14H,3-4,9-13H2,1-2H3,(H,19,23)(H,20,22). The van der Waals surface area contributed by atoms with Gasteiger partial charge >= 0.3 is 0 Å². The molecule has 0 radical (unpaired) electrons. The maximum absolute atomic E-state index is 12.5. The molecule has 0 aromatic heterocycles.